The maximum atomic E-state index is 11.5. The van der Waals surface area contributed by atoms with Crippen molar-refractivity contribution in [1.29, 1.82) is 0 Å². The van der Waals surface area contributed by atoms with Gasteiger partial charge in [-0.1, -0.05) is 6.07 Å². The van der Waals surface area contributed by atoms with E-state index in [-0.39, 0.29) is 0 Å². The number of hydrogen-bond acceptors (Lipinski definition) is 5. The molecule has 0 saturated heterocycles. The second-order valence-electron chi connectivity index (χ2n) is 4.03. The minimum Gasteiger partial charge on any atom is -0.497 e. The van der Waals surface area contributed by atoms with Crippen molar-refractivity contribution in [2.24, 2.45) is 0 Å². The Morgan fingerprint density at radius 1 is 1.05 bits per heavy atom. The molecular formula is C15H15NO4. The highest BCUT2D eigenvalue weighted by molar-refractivity contribution is 5.90. The average molecular weight is 273 g/mol. The zero-order chi connectivity index (χ0) is 14.5. The minimum atomic E-state index is -0.444. The van der Waals surface area contributed by atoms with Gasteiger partial charge in [0.2, 0.25) is 0 Å². The molecular weight excluding hydrogens is 258 g/mol. The molecule has 5 nitrogen and oxygen atoms in total. The maximum absolute atomic E-state index is 11.5. The van der Waals surface area contributed by atoms with Crippen LogP contribution in [0.2, 0.25) is 0 Å². The van der Waals surface area contributed by atoms with Gasteiger partial charge in [-0.25, -0.2) is 4.79 Å². The van der Waals surface area contributed by atoms with E-state index in [1.807, 2.05) is 0 Å². The highest BCUT2D eigenvalue weighted by atomic mass is 16.5. The molecule has 0 amide bonds. The van der Waals surface area contributed by atoms with Gasteiger partial charge in [0.15, 0.2) is 5.75 Å². The second kappa shape index (κ2) is 5.97. The summed E-state index contributed by atoms with van der Waals surface area (Å²) in [6, 6.07) is 11.8. The molecule has 2 rings (SSSR count). The van der Waals surface area contributed by atoms with Gasteiger partial charge >= 0.3 is 5.97 Å². The van der Waals surface area contributed by atoms with Crippen molar-refractivity contribution in [2.75, 3.05) is 20.0 Å². The Labute approximate surface area is 116 Å². The van der Waals surface area contributed by atoms with Crippen LogP contribution in [-0.4, -0.2) is 20.2 Å². The van der Waals surface area contributed by atoms with E-state index in [0.717, 1.165) is 0 Å². The molecule has 0 heterocycles. The average Bonchev–Trinajstić information content (AvgIpc) is 2.49. The van der Waals surface area contributed by atoms with Crippen LogP contribution < -0.4 is 15.2 Å². The van der Waals surface area contributed by atoms with Crippen LogP contribution in [0.5, 0.6) is 17.2 Å². The summed E-state index contributed by atoms with van der Waals surface area (Å²) >= 11 is 0. The summed E-state index contributed by atoms with van der Waals surface area (Å²) in [5.74, 6) is 1.19. The number of hydrogen-bond donors (Lipinski definition) is 1. The molecule has 2 N–H and O–H groups in total. The highest BCUT2D eigenvalue weighted by Gasteiger charge is 2.10. The first kappa shape index (κ1) is 13.7. The molecule has 0 radical (unpaired) electrons. The monoisotopic (exact) mass is 273 g/mol. The number of carbonyl (C=O) groups excluding carboxylic acids is 1. The number of nitrogen functional groups attached to an aromatic ring is 1. The van der Waals surface area contributed by atoms with Crippen molar-refractivity contribution in [1.82, 2.24) is 0 Å². The van der Waals surface area contributed by atoms with Gasteiger partial charge in [0.05, 0.1) is 25.5 Å². The Balaban J connectivity index is 2.30. The molecule has 0 aliphatic carbocycles. The van der Waals surface area contributed by atoms with Crippen molar-refractivity contribution in [3.63, 3.8) is 0 Å². The van der Waals surface area contributed by atoms with Crippen LogP contribution in [0.1, 0.15) is 10.4 Å². The number of benzene rings is 2. The van der Waals surface area contributed by atoms with E-state index in [1.165, 1.54) is 7.11 Å². The van der Waals surface area contributed by atoms with Gasteiger partial charge in [0, 0.05) is 6.07 Å². The Kier molecular flexibility index (Phi) is 4.10. The van der Waals surface area contributed by atoms with Crippen LogP contribution in [-0.2, 0) is 4.74 Å². The minimum absolute atomic E-state index is 0.375. The molecule has 0 fully saturated rings. The Morgan fingerprint density at radius 2 is 1.80 bits per heavy atom. The molecule has 20 heavy (non-hydrogen) atoms. The van der Waals surface area contributed by atoms with Crippen molar-refractivity contribution in [2.45, 2.75) is 0 Å². The number of ether oxygens (including phenoxy) is 3. The standard InChI is InChI=1S/C15H15NO4/c1-18-11-4-3-5-12(9-11)20-14-8-10(15(17)19-2)6-7-13(14)16/h3-9H,16H2,1-2H3. The summed E-state index contributed by atoms with van der Waals surface area (Å²) in [7, 11) is 2.90. The fourth-order valence-corrected chi connectivity index (χ4v) is 1.66. The highest BCUT2D eigenvalue weighted by Crippen LogP contribution is 2.30. The molecule has 104 valence electrons. The first-order valence-corrected chi connectivity index (χ1v) is 5.94. The maximum Gasteiger partial charge on any atom is 0.337 e. The second-order valence-corrected chi connectivity index (χ2v) is 4.03. The molecule has 5 heteroatoms. The summed E-state index contributed by atoms with van der Waals surface area (Å²) in [6.45, 7) is 0. The van der Waals surface area contributed by atoms with Crippen molar-refractivity contribution < 1.29 is 19.0 Å². The number of nitrogens with two attached hydrogens (primary N) is 1. The molecule has 0 aromatic heterocycles. The Bertz CT molecular complexity index is 625. The van der Waals surface area contributed by atoms with E-state index in [1.54, 1.807) is 49.6 Å². The number of anilines is 1. The first-order valence-electron chi connectivity index (χ1n) is 5.94. The van der Waals surface area contributed by atoms with E-state index < -0.39 is 5.97 Å². The van der Waals surface area contributed by atoms with Crippen LogP contribution >= 0.6 is 0 Å². The topological polar surface area (TPSA) is 70.8 Å². The van der Waals surface area contributed by atoms with E-state index >= 15 is 0 Å². The fourth-order valence-electron chi connectivity index (χ4n) is 1.66. The molecule has 0 aliphatic heterocycles. The largest absolute Gasteiger partial charge is 0.497 e. The third kappa shape index (κ3) is 3.00. The third-order valence-corrected chi connectivity index (χ3v) is 2.70. The summed E-state index contributed by atoms with van der Waals surface area (Å²) in [5.41, 5.74) is 6.65. The molecule has 0 unspecified atom stereocenters. The van der Waals surface area contributed by atoms with Gasteiger partial charge in [-0.15, -0.1) is 0 Å². The van der Waals surface area contributed by atoms with E-state index in [2.05, 4.69) is 4.74 Å². The van der Waals surface area contributed by atoms with Crippen molar-refractivity contribution in [3.8, 4) is 17.2 Å². The number of rotatable bonds is 4. The molecule has 0 saturated carbocycles. The van der Waals surface area contributed by atoms with E-state index in [4.69, 9.17) is 15.2 Å². The summed E-state index contributed by atoms with van der Waals surface area (Å²) in [6.07, 6.45) is 0. The van der Waals surface area contributed by atoms with Gasteiger partial charge in [0.25, 0.3) is 0 Å². The Morgan fingerprint density at radius 3 is 2.50 bits per heavy atom. The lowest BCUT2D eigenvalue weighted by molar-refractivity contribution is 0.0600. The van der Waals surface area contributed by atoms with E-state index in [9.17, 15) is 4.79 Å². The molecule has 0 spiro atoms. The number of methoxy groups -OCH3 is 2. The predicted octanol–water partition coefficient (Wildman–Crippen LogP) is 2.86. The lowest BCUT2D eigenvalue weighted by atomic mass is 10.2. The third-order valence-electron chi connectivity index (χ3n) is 2.70. The lowest BCUT2D eigenvalue weighted by Gasteiger charge is -2.10. The van der Waals surface area contributed by atoms with Crippen LogP contribution in [0, 0.1) is 0 Å². The summed E-state index contributed by atoms with van der Waals surface area (Å²) in [4.78, 5) is 11.5. The van der Waals surface area contributed by atoms with Crippen LogP contribution in [0.15, 0.2) is 42.5 Å². The molecule has 2 aromatic carbocycles. The SMILES string of the molecule is COC(=O)c1ccc(N)c(Oc2cccc(OC)c2)c1. The first-order chi connectivity index (χ1) is 9.63. The molecule has 0 bridgehead atoms. The van der Waals surface area contributed by atoms with Gasteiger partial charge < -0.3 is 19.9 Å². The molecule has 2 aromatic rings. The zero-order valence-corrected chi connectivity index (χ0v) is 11.3. The van der Waals surface area contributed by atoms with Gasteiger partial charge in [-0.05, 0) is 30.3 Å². The smallest absolute Gasteiger partial charge is 0.337 e. The predicted molar refractivity (Wildman–Crippen MR) is 75.3 cm³/mol. The summed E-state index contributed by atoms with van der Waals surface area (Å²) in [5, 5.41) is 0. The van der Waals surface area contributed by atoms with Crippen LogP contribution in [0.3, 0.4) is 0 Å². The van der Waals surface area contributed by atoms with Crippen molar-refractivity contribution >= 4 is 11.7 Å². The fraction of sp³-hybridized carbons (Fsp3) is 0.133. The zero-order valence-electron chi connectivity index (χ0n) is 11.3. The van der Waals surface area contributed by atoms with Gasteiger partial charge in [0.1, 0.15) is 11.5 Å². The number of esters is 1. The normalized spacial score (nSPS) is 9.90. The van der Waals surface area contributed by atoms with Crippen LogP contribution in [0.4, 0.5) is 5.69 Å². The lowest BCUT2D eigenvalue weighted by Crippen LogP contribution is -2.02. The van der Waals surface area contributed by atoms with Crippen LogP contribution in [0.25, 0.3) is 0 Å². The summed E-state index contributed by atoms with van der Waals surface area (Å²) < 4.78 is 15.5. The Hall–Kier alpha value is -2.69. The van der Waals surface area contributed by atoms with Gasteiger partial charge in [-0.2, -0.15) is 0 Å². The molecule has 0 atom stereocenters. The van der Waals surface area contributed by atoms with E-state index in [0.29, 0.717) is 28.5 Å². The molecule has 0 aliphatic rings. The number of carbonyl (C=O) groups is 1. The quantitative estimate of drug-likeness (QED) is 0.685. The van der Waals surface area contributed by atoms with Crippen molar-refractivity contribution in [3.05, 3.63) is 48.0 Å². The van der Waals surface area contributed by atoms with Gasteiger partial charge in [-0.3, -0.25) is 0 Å².